The summed E-state index contributed by atoms with van der Waals surface area (Å²) >= 11 is 5.82. The first-order valence-corrected chi connectivity index (χ1v) is 6.35. The summed E-state index contributed by atoms with van der Waals surface area (Å²) in [5.74, 6) is -0.504. The van der Waals surface area contributed by atoms with Gasteiger partial charge in [0.25, 0.3) is 11.6 Å². The van der Waals surface area contributed by atoms with Gasteiger partial charge in [-0.1, -0.05) is 11.6 Å². The van der Waals surface area contributed by atoms with E-state index in [1.807, 2.05) is 0 Å². The zero-order chi connectivity index (χ0) is 15.5. The van der Waals surface area contributed by atoms with Gasteiger partial charge in [0.15, 0.2) is 0 Å². The van der Waals surface area contributed by atoms with E-state index in [9.17, 15) is 20.0 Å². The molecule has 0 aromatic carbocycles. The van der Waals surface area contributed by atoms with Crippen molar-refractivity contribution >= 4 is 23.2 Å². The van der Waals surface area contributed by atoms with E-state index in [0.717, 1.165) is 12.3 Å². The van der Waals surface area contributed by atoms with Crippen molar-refractivity contribution < 1.29 is 14.8 Å². The third-order valence-corrected chi connectivity index (χ3v) is 2.81. The fraction of sp³-hybridized carbons (Fsp3) is 0.500. The number of hydrogen-bond donors (Lipinski definition) is 1. The summed E-state index contributed by atoms with van der Waals surface area (Å²) in [6, 6.07) is 1.09. The Morgan fingerprint density at radius 2 is 2.20 bits per heavy atom. The second-order valence-corrected chi connectivity index (χ2v) is 5.28. The van der Waals surface area contributed by atoms with Gasteiger partial charge < -0.3 is 10.0 Å². The number of rotatable bonds is 5. The number of likely N-dealkylation sites (N-methyl/N-ethyl adjacent to an activating group) is 1. The van der Waals surface area contributed by atoms with Crippen LogP contribution in [0.25, 0.3) is 0 Å². The van der Waals surface area contributed by atoms with Gasteiger partial charge in [0.05, 0.1) is 16.1 Å². The summed E-state index contributed by atoms with van der Waals surface area (Å²) < 4.78 is 0. The normalized spacial score (nSPS) is 11.2. The van der Waals surface area contributed by atoms with Crippen LogP contribution < -0.4 is 0 Å². The Balaban J connectivity index is 3.12. The maximum absolute atomic E-state index is 12.3. The first-order chi connectivity index (χ1) is 9.15. The molecular formula is C12H16ClN3O4. The molecule has 1 heterocycles. The zero-order valence-electron chi connectivity index (χ0n) is 11.5. The quantitative estimate of drug-likeness (QED) is 0.509. The molecule has 0 saturated carbocycles. The highest BCUT2D eigenvalue weighted by Crippen LogP contribution is 2.21. The van der Waals surface area contributed by atoms with Crippen LogP contribution in [0.5, 0.6) is 0 Å². The van der Waals surface area contributed by atoms with Gasteiger partial charge in [-0.25, -0.2) is 4.98 Å². The van der Waals surface area contributed by atoms with Crippen LogP contribution in [0.15, 0.2) is 12.3 Å². The number of aromatic nitrogens is 1. The van der Waals surface area contributed by atoms with Gasteiger partial charge >= 0.3 is 0 Å². The van der Waals surface area contributed by atoms with Crippen LogP contribution >= 0.6 is 11.6 Å². The number of carbonyl (C=O) groups excluding carboxylic acids is 1. The highest BCUT2D eigenvalue weighted by Gasteiger charge is 2.25. The van der Waals surface area contributed by atoms with Gasteiger partial charge in [-0.05, 0) is 20.8 Å². The van der Waals surface area contributed by atoms with E-state index in [0.29, 0.717) is 6.54 Å². The minimum atomic E-state index is -1.08. The van der Waals surface area contributed by atoms with Crippen molar-refractivity contribution in [1.29, 1.82) is 0 Å². The number of nitro groups is 1. The van der Waals surface area contributed by atoms with Gasteiger partial charge in [0, 0.05) is 19.2 Å². The molecule has 1 aromatic heterocycles. The van der Waals surface area contributed by atoms with E-state index in [2.05, 4.69) is 4.98 Å². The average Bonchev–Trinajstić information content (AvgIpc) is 2.34. The average molecular weight is 302 g/mol. The van der Waals surface area contributed by atoms with Gasteiger partial charge in [0.2, 0.25) is 0 Å². The van der Waals surface area contributed by atoms with Crippen LogP contribution in [0.2, 0.25) is 5.15 Å². The standard InChI is InChI=1S/C12H16ClN3O4/c1-4-15(7-12(2,3)18)11(17)9-5-8(16(19)20)6-14-10(9)13/h5-6,18H,4,7H2,1-3H3. The Morgan fingerprint density at radius 3 is 2.65 bits per heavy atom. The van der Waals surface area contributed by atoms with Crippen LogP contribution in [0, 0.1) is 10.1 Å². The van der Waals surface area contributed by atoms with Crippen molar-refractivity contribution in [2.24, 2.45) is 0 Å². The molecule has 1 amide bonds. The number of aliphatic hydroxyl groups is 1. The molecule has 7 nitrogen and oxygen atoms in total. The van der Waals surface area contributed by atoms with Gasteiger partial charge in [-0.2, -0.15) is 0 Å². The molecule has 0 radical (unpaired) electrons. The predicted octanol–water partition coefficient (Wildman–Crippen LogP) is 1.88. The molecule has 0 spiro atoms. The van der Waals surface area contributed by atoms with Gasteiger partial charge in [-0.15, -0.1) is 0 Å². The van der Waals surface area contributed by atoms with Crippen LogP contribution in [0.1, 0.15) is 31.1 Å². The number of amides is 1. The monoisotopic (exact) mass is 301 g/mol. The van der Waals surface area contributed by atoms with E-state index in [1.54, 1.807) is 20.8 Å². The van der Waals surface area contributed by atoms with Crippen molar-refractivity contribution in [3.05, 3.63) is 33.1 Å². The Kier molecular flexibility index (Phi) is 5.02. The Hall–Kier alpha value is -1.73. The first-order valence-electron chi connectivity index (χ1n) is 5.97. The molecule has 0 bridgehead atoms. The number of nitrogens with zero attached hydrogens (tertiary/aromatic N) is 3. The lowest BCUT2D eigenvalue weighted by atomic mass is 10.1. The molecule has 0 aliphatic carbocycles. The summed E-state index contributed by atoms with van der Waals surface area (Å²) in [6.45, 7) is 5.29. The van der Waals surface area contributed by atoms with Crippen LogP contribution in [-0.4, -0.2) is 44.5 Å². The maximum atomic E-state index is 12.3. The molecule has 0 aliphatic heterocycles. The predicted molar refractivity (Wildman–Crippen MR) is 73.8 cm³/mol. The zero-order valence-corrected chi connectivity index (χ0v) is 12.2. The molecule has 1 N–H and O–H groups in total. The molecule has 1 aromatic rings. The lowest BCUT2D eigenvalue weighted by Crippen LogP contribution is -2.42. The minimum absolute atomic E-state index is 0.0491. The highest BCUT2D eigenvalue weighted by atomic mass is 35.5. The Bertz CT molecular complexity index is 528. The molecule has 0 fully saturated rings. The summed E-state index contributed by atoms with van der Waals surface area (Å²) in [7, 11) is 0. The fourth-order valence-corrected chi connectivity index (χ4v) is 1.84. The summed E-state index contributed by atoms with van der Waals surface area (Å²) in [4.78, 5) is 27.4. The minimum Gasteiger partial charge on any atom is -0.389 e. The van der Waals surface area contributed by atoms with E-state index in [-0.39, 0.29) is 22.9 Å². The van der Waals surface area contributed by atoms with Crippen LogP contribution in [0.4, 0.5) is 5.69 Å². The van der Waals surface area contributed by atoms with Crippen LogP contribution in [0.3, 0.4) is 0 Å². The third-order valence-electron chi connectivity index (χ3n) is 2.51. The molecule has 0 aliphatic rings. The molecule has 20 heavy (non-hydrogen) atoms. The van der Waals surface area contributed by atoms with E-state index in [1.165, 1.54) is 4.90 Å². The van der Waals surface area contributed by atoms with Crippen molar-refractivity contribution in [2.45, 2.75) is 26.4 Å². The maximum Gasteiger partial charge on any atom is 0.288 e. The van der Waals surface area contributed by atoms with Crippen molar-refractivity contribution in [2.75, 3.05) is 13.1 Å². The van der Waals surface area contributed by atoms with Gasteiger partial charge in [-0.3, -0.25) is 14.9 Å². The lowest BCUT2D eigenvalue weighted by molar-refractivity contribution is -0.385. The van der Waals surface area contributed by atoms with Crippen LogP contribution in [-0.2, 0) is 0 Å². The second kappa shape index (κ2) is 6.15. The molecule has 0 saturated heterocycles. The molecular weight excluding hydrogens is 286 g/mol. The smallest absolute Gasteiger partial charge is 0.288 e. The SMILES string of the molecule is CCN(CC(C)(C)O)C(=O)c1cc([N+](=O)[O-])cnc1Cl. The first kappa shape index (κ1) is 16.3. The number of pyridine rings is 1. The summed E-state index contributed by atoms with van der Waals surface area (Å²) in [6.07, 6.45) is 0.991. The van der Waals surface area contributed by atoms with E-state index in [4.69, 9.17) is 11.6 Å². The molecule has 0 atom stereocenters. The summed E-state index contributed by atoms with van der Waals surface area (Å²) in [5.41, 5.74) is -1.43. The fourth-order valence-electron chi connectivity index (χ4n) is 1.65. The van der Waals surface area contributed by atoms with Crippen molar-refractivity contribution in [3.8, 4) is 0 Å². The largest absolute Gasteiger partial charge is 0.389 e. The highest BCUT2D eigenvalue weighted by molar-refractivity contribution is 6.32. The van der Waals surface area contributed by atoms with E-state index < -0.39 is 16.4 Å². The number of halogens is 1. The molecule has 110 valence electrons. The second-order valence-electron chi connectivity index (χ2n) is 4.92. The van der Waals surface area contributed by atoms with Crippen molar-refractivity contribution in [3.63, 3.8) is 0 Å². The molecule has 0 unspecified atom stereocenters. The number of carbonyl (C=O) groups is 1. The molecule has 1 rings (SSSR count). The van der Waals surface area contributed by atoms with E-state index >= 15 is 0 Å². The Morgan fingerprint density at radius 1 is 1.60 bits per heavy atom. The summed E-state index contributed by atoms with van der Waals surface area (Å²) in [5, 5.41) is 20.4. The number of hydrogen-bond acceptors (Lipinski definition) is 5. The third kappa shape index (κ3) is 4.14. The Labute approximate surface area is 121 Å². The van der Waals surface area contributed by atoms with Gasteiger partial charge in [0.1, 0.15) is 11.3 Å². The van der Waals surface area contributed by atoms with Crippen molar-refractivity contribution in [1.82, 2.24) is 9.88 Å². The topological polar surface area (TPSA) is 96.6 Å². The lowest BCUT2D eigenvalue weighted by Gasteiger charge is -2.28. The molecule has 8 heteroatoms.